The summed E-state index contributed by atoms with van der Waals surface area (Å²) >= 11 is 0. The Bertz CT molecular complexity index is 280. The maximum absolute atomic E-state index is 12.1. The molecule has 3 nitrogen and oxygen atoms in total. The van der Waals surface area contributed by atoms with Crippen LogP contribution in [0.15, 0.2) is 6.20 Å². The van der Waals surface area contributed by atoms with Gasteiger partial charge in [-0.05, 0) is 0 Å². The van der Waals surface area contributed by atoms with Gasteiger partial charge in [0.15, 0.2) is 11.6 Å². The smallest absolute Gasteiger partial charge is 0.195 e. The second-order valence-corrected chi connectivity index (χ2v) is 2.32. The van der Waals surface area contributed by atoms with Gasteiger partial charge in [-0.15, -0.1) is 0 Å². The van der Waals surface area contributed by atoms with E-state index >= 15 is 0 Å². The Morgan fingerprint density at radius 3 is 2.73 bits per heavy atom. The highest BCUT2D eigenvalue weighted by Gasteiger charge is 2.08. The summed E-state index contributed by atoms with van der Waals surface area (Å²) in [7, 11) is 1.62. The monoisotopic (exact) mass is 156 g/mol. The molecule has 0 fully saturated rings. The van der Waals surface area contributed by atoms with Gasteiger partial charge in [-0.3, -0.25) is 4.79 Å². The summed E-state index contributed by atoms with van der Waals surface area (Å²) in [5, 5.41) is 0. The van der Waals surface area contributed by atoms with Gasteiger partial charge in [-0.25, -0.2) is 9.37 Å². The topological polar surface area (TPSA) is 34.9 Å². The first-order chi connectivity index (χ1) is 5.16. The van der Waals surface area contributed by atoms with Crippen LogP contribution < -0.4 is 0 Å². The molecule has 0 aliphatic heterocycles. The van der Waals surface area contributed by atoms with Crippen LogP contribution in [0.2, 0.25) is 0 Å². The van der Waals surface area contributed by atoms with Crippen LogP contribution in [0.3, 0.4) is 0 Å². The van der Waals surface area contributed by atoms with Crippen LogP contribution in [0.5, 0.6) is 0 Å². The third-order valence-electron chi connectivity index (χ3n) is 1.54. The van der Waals surface area contributed by atoms with E-state index < -0.39 is 6.67 Å². The lowest BCUT2D eigenvalue weighted by Crippen LogP contribution is -2.05. The maximum Gasteiger partial charge on any atom is 0.195 e. The highest BCUT2D eigenvalue weighted by atomic mass is 19.1. The molecule has 0 aliphatic carbocycles. The molecule has 0 saturated carbocycles. The van der Waals surface area contributed by atoms with Gasteiger partial charge in [0.1, 0.15) is 6.67 Å². The van der Waals surface area contributed by atoms with Gasteiger partial charge < -0.3 is 4.57 Å². The maximum atomic E-state index is 12.1. The number of aromatic nitrogens is 2. The molecule has 1 heterocycles. The van der Waals surface area contributed by atoms with Crippen molar-refractivity contribution in [1.82, 2.24) is 9.55 Å². The van der Waals surface area contributed by atoms with Crippen molar-refractivity contribution in [2.24, 2.45) is 7.05 Å². The minimum absolute atomic E-state index is 0.146. The van der Waals surface area contributed by atoms with Gasteiger partial charge >= 0.3 is 0 Å². The van der Waals surface area contributed by atoms with Crippen LogP contribution >= 0.6 is 0 Å². The molecule has 1 rings (SSSR count). The Balaban J connectivity index is 3.10. The highest BCUT2D eigenvalue weighted by molar-refractivity contribution is 5.90. The lowest BCUT2D eigenvalue weighted by Gasteiger charge is -1.98. The molecule has 60 valence electrons. The lowest BCUT2D eigenvalue weighted by atomic mass is 10.4. The molecule has 4 heteroatoms. The molecule has 1 aromatic heterocycles. The van der Waals surface area contributed by atoms with Gasteiger partial charge in [0.2, 0.25) is 0 Å². The van der Waals surface area contributed by atoms with Crippen LogP contribution in [0.25, 0.3) is 0 Å². The fourth-order valence-electron chi connectivity index (χ4n) is 0.896. The van der Waals surface area contributed by atoms with E-state index in [9.17, 15) is 9.18 Å². The second kappa shape index (κ2) is 2.82. The fourth-order valence-corrected chi connectivity index (χ4v) is 0.896. The molecule has 0 spiro atoms. The highest BCUT2D eigenvalue weighted by Crippen LogP contribution is 2.04. The number of carbonyl (C=O) groups excluding carboxylic acids is 1. The Kier molecular flexibility index (Phi) is 2.03. The average molecular weight is 156 g/mol. The SMILES string of the molecule is CC(=O)c1ncc(CF)n1C. The number of imidazole rings is 1. The first-order valence-electron chi connectivity index (χ1n) is 3.24. The first kappa shape index (κ1) is 7.91. The standard InChI is InChI=1S/C7H9FN2O/c1-5(11)7-9-4-6(3-8)10(7)2/h4H,3H2,1-2H3. The number of alkyl halides is 1. The summed E-state index contributed by atoms with van der Waals surface area (Å²) in [6.45, 7) is 0.821. The molecule has 0 radical (unpaired) electrons. The van der Waals surface area contributed by atoms with E-state index in [-0.39, 0.29) is 5.78 Å². The molecule has 11 heavy (non-hydrogen) atoms. The minimum Gasteiger partial charge on any atom is -0.326 e. The normalized spacial score (nSPS) is 10.1. The van der Waals surface area contributed by atoms with Crippen LogP contribution in [-0.2, 0) is 13.7 Å². The van der Waals surface area contributed by atoms with Crippen LogP contribution in [0.4, 0.5) is 4.39 Å². The number of hydrogen-bond donors (Lipinski definition) is 0. The number of halogens is 1. The fraction of sp³-hybridized carbons (Fsp3) is 0.429. The van der Waals surface area contributed by atoms with Crippen molar-refractivity contribution in [2.75, 3.05) is 0 Å². The Morgan fingerprint density at radius 2 is 2.45 bits per heavy atom. The van der Waals surface area contributed by atoms with Gasteiger partial charge in [-0.2, -0.15) is 0 Å². The zero-order valence-corrected chi connectivity index (χ0v) is 6.47. The molecule has 0 saturated heterocycles. The van der Waals surface area contributed by atoms with E-state index in [0.29, 0.717) is 11.5 Å². The van der Waals surface area contributed by atoms with E-state index in [1.165, 1.54) is 17.7 Å². The summed E-state index contributed by atoms with van der Waals surface area (Å²) in [4.78, 5) is 14.5. The predicted octanol–water partition coefficient (Wildman–Crippen LogP) is 1.09. The summed E-state index contributed by atoms with van der Waals surface area (Å²) in [5.41, 5.74) is 0.426. The molecule has 0 unspecified atom stereocenters. The van der Waals surface area contributed by atoms with Crippen LogP contribution in [-0.4, -0.2) is 15.3 Å². The zero-order valence-electron chi connectivity index (χ0n) is 6.47. The Morgan fingerprint density at radius 1 is 1.82 bits per heavy atom. The molecule has 0 atom stereocenters. The predicted molar refractivity (Wildman–Crippen MR) is 38.0 cm³/mol. The van der Waals surface area contributed by atoms with E-state index in [2.05, 4.69) is 4.98 Å². The summed E-state index contributed by atoms with van der Waals surface area (Å²) in [6.07, 6.45) is 1.37. The van der Waals surface area contributed by atoms with Crippen molar-refractivity contribution >= 4 is 5.78 Å². The van der Waals surface area contributed by atoms with Crippen molar-refractivity contribution in [2.45, 2.75) is 13.6 Å². The molecular weight excluding hydrogens is 147 g/mol. The average Bonchev–Trinajstić information content (AvgIpc) is 2.30. The molecule has 0 aliphatic rings. The van der Waals surface area contributed by atoms with Gasteiger partial charge in [-0.1, -0.05) is 0 Å². The van der Waals surface area contributed by atoms with Crippen molar-refractivity contribution in [3.63, 3.8) is 0 Å². The van der Waals surface area contributed by atoms with Gasteiger partial charge in [0.05, 0.1) is 11.9 Å². The Labute approximate surface area is 63.9 Å². The van der Waals surface area contributed by atoms with E-state index in [1.807, 2.05) is 0 Å². The minimum atomic E-state index is -0.587. The van der Waals surface area contributed by atoms with Crippen molar-refractivity contribution in [3.05, 3.63) is 17.7 Å². The number of Topliss-reactive ketones (excluding diaryl/α,β-unsaturated/α-hetero) is 1. The molecule has 0 N–H and O–H groups in total. The summed E-state index contributed by atoms with van der Waals surface area (Å²) in [6, 6.07) is 0. The quantitative estimate of drug-likeness (QED) is 0.601. The molecule has 0 aromatic carbocycles. The zero-order chi connectivity index (χ0) is 8.43. The largest absolute Gasteiger partial charge is 0.326 e. The number of rotatable bonds is 2. The first-order valence-corrected chi connectivity index (χ1v) is 3.24. The molecule has 0 amide bonds. The lowest BCUT2D eigenvalue weighted by molar-refractivity contribution is 0.100. The van der Waals surface area contributed by atoms with Crippen LogP contribution in [0, 0.1) is 0 Å². The van der Waals surface area contributed by atoms with Gasteiger partial charge in [0, 0.05) is 14.0 Å². The number of hydrogen-bond acceptors (Lipinski definition) is 2. The molecule has 0 bridgehead atoms. The third-order valence-corrected chi connectivity index (χ3v) is 1.54. The van der Waals surface area contributed by atoms with E-state index in [4.69, 9.17) is 0 Å². The third kappa shape index (κ3) is 1.29. The van der Waals surface area contributed by atoms with E-state index in [1.54, 1.807) is 7.05 Å². The van der Waals surface area contributed by atoms with Crippen molar-refractivity contribution < 1.29 is 9.18 Å². The summed E-state index contributed by atoms with van der Waals surface area (Å²) < 4.78 is 13.6. The van der Waals surface area contributed by atoms with Gasteiger partial charge in [0.25, 0.3) is 0 Å². The molecular formula is C7H9FN2O. The summed E-state index contributed by atoms with van der Waals surface area (Å²) in [5.74, 6) is 0.157. The molecule has 1 aromatic rings. The van der Waals surface area contributed by atoms with Crippen LogP contribution in [0.1, 0.15) is 23.2 Å². The number of nitrogens with zero attached hydrogens (tertiary/aromatic N) is 2. The number of carbonyl (C=O) groups is 1. The Hall–Kier alpha value is -1.19. The number of ketones is 1. The van der Waals surface area contributed by atoms with E-state index in [0.717, 1.165) is 0 Å². The van der Waals surface area contributed by atoms with Crippen molar-refractivity contribution in [3.8, 4) is 0 Å². The van der Waals surface area contributed by atoms with Crippen molar-refractivity contribution in [1.29, 1.82) is 0 Å². The second-order valence-electron chi connectivity index (χ2n) is 2.32.